The third-order valence-corrected chi connectivity index (χ3v) is 7.05. The molecule has 0 aliphatic carbocycles. The van der Waals surface area contributed by atoms with Crippen molar-refractivity contribution >= 4 is 25.5 Å². The van der Waals surface area contributed by atoms with Gasteiger partial charge in [-0.15, -0.1) is 0 Å². The summed E-state index contributed by atoms with van der Waals surface area (Å²) in [5, 5.41) is 18.1. The molecule has 9 heteroatoms. The molecule has 0 fully saturated rings. The minimum absolute atomic E-state index is 0.188. The Morgan fingerprint density at radius 3 is 2.00 bits per heavy atom. The number of aliphatic hydroxyl groups excluding tert-OH is 2. The van der Waals surface area contributed by atoms with Gasteiger partial charge in [-0.2, -0.15) is 0 Å². The van der Waals surface area contributed by atoms with Crippen LogP contribution in [0.25, 0.3) is 0 Å². The van der Waals surface area contributed by atoms with Crippen molar-refractivity contribution in [2.24, 2.45) is 0 Å². The Labute approximate surface area is 165 Å². The zero-order chi connectivity index (χ0) is 21.4. The topological polar surface area (TPSA) is 126 Å². The molecule has 0 aliphatic heterocycles. The number of carbonyl (C=O) groups excluding carboxylic acids is 1. The molecular weight excluding hydrogens is 404 g/mol. The second-order valence-electron chi connectivity index (χ2n) is 5.96. The fourth-order valence-corrected chi connectivity index (χ4v) is 4.52. The van der Waals surface area contributed by atoms with Crippen molar-refractivity contribution in [3.05, 3.63) is 65.7 Å². The molecule has 2 rings (SSSR count). The summed E-state index contributed by atoms with van der Waals surface area (Å²) in [4.78, 5) is 11.8. The molecule has 2 aromatic carbocycles. The van der Waals surface area contributed by atoms with Gasteiger partial charge in [-0.05, 0) is 25.0 Å². The van der Waals surface area contributed by atoms with E-state index in [2.05, 4.69) is 0 Å². The Morgan fingerprint density at radius 2 is 1.50 bits per heavy atom. The van der Waals surface area contributed by atoms with E-state index in [1.807, 2.05) is 0 Å². The van der Waals surface area contributed by atoms with E-state index in [0.717, 1.165) is 0 Å². The molecule has 2 aromatic rings. The molecule has 0 amide bonds. The quantitative estimate of drug-likeness (QED) is 0.643. The predicted octanol–water partition coefficient (Wildman–Crippen LogP) is 1.73. The smallest absolute Gasteiger partial charge is 0.219 e. The molecule has 0 radical (unpaired) electrons. The van der Waals surface area contributed by atoms with Gasteiger partial charge in [0.15, 0.2) is 9.84 Å². The Morgan fingerprint density at radius 1 is 0.964 bits per heavy atom. The average molecular weight is 429 g/mol. The summed E-state index contributed by atoms with van der Waals surface area (Å²) in [7, 11) is -7.23. The standard InChI is InChI=1S/C11H14O4S.C8H10O3S/c1-2-8-16(14,15)11(13)10(12)9-6-4-3-5-7-9;1-7-4-2-3-5-8(7)12(10,11)6-9/h3-7,11,13H,2,8H2,1H3;2-5,9H,6H2,1H3. The summed E-state index contributed by atoms with van der Waals surface area (Å²) in [5.41, 5.74) is -1.09. The summed E-state index contributed by atoms with van der Waals surface area (Å²) in [6, 6.07) is 14.5. The first-order valence-electron chi connectivity index (χ1n) is 8.45. The van der Waals surface area contributed by atoms with Crippen molar-refractivity contribution in [3.8, 4) is 0 Å². The SMILES string of the molecule is CCCS(=O)(=O)C(O)C(=O)c1ccccc1.Cc1ccccc1S(=O)(=O)CO. The van der Waals surface area contributed by atoms with Crippen molar-refractivity contribution in [1.82, 2.24) is 0 Å². The van der Waals surface area contributed by atoms with E-state index in [0.29, 0.717) is 12.0 Å². The fourth-order valence-electron chi connectivity index (χ4n) is 2.28. The number of benzene rings is 2. The van der Waals surface area contributed by atoms with Crippen molar-refractivity contribution in [2.75, 3.05) is 11.7 Å². The van der Waals surface area contributed by atoms with Crippen LogP contribution in [0.15, 0.2) is 59.5 Å². The second kappa shape index (κ2) is 10.5. The summed E-state index contributed by atoms with van der Waals surface area (Å²) in [6.07, 6.45) is 0.376. The van der Waals surface area contributed by atoms with E-state index in [1.54, 1.807) is 50.2 Å². The van der Waals surface area contributed by atoms with Gasteiger partial charge in [0, 0.05) is 5.56 Å². The summed E-state index contributed by atoms with van der Waals surface area (Å²) in [5.74, 6) is -1.79. The van der Waals surface area contributed by atoms with Crippen LogP contribution in [-0.2, 0) is 19.7 Å². The number of hydrogen-bond acceptors (Lipinski definition) is 7. The van der Waals surface area contributed by atoms with Crippen molar-refractivity contribution in [1.29, 1.82) is 0 Å². The zero-order valence-electron chi connectivity index (χ0n) is 15.6. The summed E-state index contributed by atoms with van der Waals surface area (Å²) >= 11 is 0. The lowest BCUT2D eigenvalue weighted by atomic mass is 10.1. The summed E-state index contributed by atoms with van der Waals surface area (Å²) < 4.78 is 45.3. The van der Waals surface area contributed by atoms with E-state index in [1.165, 1.54) is 18.2 Å². The average Bonchev–Trinajstić information content (AvgIpc) is 2.68. The number of hydrogen-bond donors (Lipinski definition) is 2. The van der Waals surface area contributed by atoms with Gasteiger partial charge in [0.25, 0.3) is 0 Å². The number of rotatable bonds is 7. The Bertz CT molecular complexity index is 982. The molecule has 0 spiro atoms. The lowest BCUT2D eigenvalue weighted by Crippen LogP contribution is -2.31. The zero-order valence-corrected chi connectivity index (χ0v) is 17.3. The van der Waals surface area contributed by atoms with Crippen LogP contribution in [0, 0.1) is 6.92 Å². The van der Waals surface area contributed by atoms with Crippen LogP contribution in [0.3, 0.4) is 0 Å². The van der Waals surface area contributed by atoms with Crippen LogP contribution in [-0.4, -0.2) is 50.0 Å². The molecule has 0 bridgehead atoms. The van der Waals surface area contributed by atoms with Gasteiger partial charge in [-0.25, -0.2) is 16.8 Å². The normalized spacial score (nSPS) is 12.6. The monoisotopic (exact) mass is 428 g/mol. The Hall–Kier alpha value is -2.07. The number of sulfone groups is 2. The molecule has 0 aliphatic rings. The molecule has 7 nitrogen and oxygen atoms in total. The molecule has 0 heterocycles. The maximum atomic E-state index is 11.6. The van der Waals surface area contributed by atoms with Gasteiger partial charge in [-0.1, -0.05) is 55.5 Å². The van der Waals surface area contributed by atoms with E-state index < -0.39 is 36.8 Å². The molecule has 2 N–H and O–H groups in total. The van der Waals surface area contributed by atoms with Gasteiger partial charge < -0.3 is 10.2 Å². The molecule has 1 atom stereocenters. The molecule has 0 saturated heterocycles. The molecule has 0 saturated carbocycles. The third kappa shape index (κ3) is 6.52. The highest BCUT2D eigenvalue weighted by Gasteiger charge is 2.29. The Kier molecular flexibility index (Phi) is 8.96. The van der Waals surface area contributed by atoms with Crippen molar-refractivity contribution in [3.63, 3.8) is 0 Å². The van der Waals surface area contributed by atoms with Crippen LogP contribution in [0.1, 0.15) is 29.3 Å². The van der Waals surface area contributed by atoms with E-state index in [-0.39, 0.29) is 16.2 Å². The molecule has 154 valence electrons. The first-order chi connectivity index (χ1) is 13.1. The van der Waals surface area contributed by atoms with Gasteiger partial charge in [0.05, 0.1) is 10.6 Å². The van der Waals surface area contributed by atoms with E-state index in [9.17, 15) is 26.7 Å². The number of carbonyl (C=O) groups is 1. The van der Waals surface area contributed by atoms with Crippen LogP contribution >= 0.6 is 0 Å². The van der Waals surface area contributed by atoms with E-state index >= 15 is 0 Å². The van der Waals surface area contributed by atoms with Gasteiger partial charge in [-0.3, -0.25) is 4.79 Å². The minimum atomic E-state index is -3.75. The second-order valence-corrected chi connectivity index (χ2v) is 10.1. The van der Waals surface area contributed by atoms with Crippen molar-refractivity contribution in [2.45, 2.75) is 30.6 Å². The van der Waals surface area contributed by atoms with Crippen LogP contribution < -0.4 is 0 Å². The molecule has 28 heavy (non-hydrogen) atoms. The lowest BCUT2D eigenvalue weighted by Gasteiger charge is -2.09. The number of aliphatic hydroxyl groups is 2. The largest absolute Gasteiger partial charge is 0.380 e. The highest BCUT2D eigenvalue weighted by Crippen LogP contribution is 2.14. The van der Waals surface area contributed by atoms with Gasteiger partial charge >= 0.3 is 0 Å². The fraction of sp³-hybridized carbons (Fsp3) is 0.316. The molecule has 0 aromatic heterocycles. The first-order valence-corrected chi connectivity index (χ1v) is 11.8. The summed E-state index contributed by atoms with van der Waals surface area (Å²) in [6.45, 7) is 3.37. The predicted molar refractivity (Wildman–Crippen MR) is 106 cm³/mol. The van der Waals surface area contributed by atoms with E-state index in [4.69, 9.17) is 5.11 Å². The first kappa shape index (κ1) is 24.0. The molecular formula is C19H24O7S2. The molecule has 1 unspecified atom stereocenters. The maximum Gasteiger partial charge on any atom is 0.219 e. The van der Waals surface area contributed by atoms with Gasteiger partial charge in [0.1, 0.15) is 5.94 Å². The van der Waals surface area contributed by atoms with Gasteiger partial charge in [0.2, 0.25) is 21.1 Å². The Balaban J connectivity index is 0.000000292. The number of Topliss-reactive ketones (excluding diaryl/α,β-unsaturated/α-hetero) is 1. The van der Waals surface area contributed by atoms with Crippen LogP contribution in [0.4, 0.5) is 0 Å². The number of aryl methyl sites for hydroxylation is 1. The van der Waals surface area contributed by atoms with Crippen molar-refractivity contribution < 1.29 is 31.8 Å². The highest BCUT2D eigenvalue weighted by molar-refractivity contribution is 7.92. The van der Waals surface area contributed by atoms with Crippen LogP contribution in [0.2, 0.25) is 0 Å². The number of ketones is 1. The third-order valence-electron chi connectivity index (χ3n) is 3.71. The van der Waals surface area contributed by atoms with Crippen LogP contribution in [0.5, 0.6) is 0 Å². The minimum Gasteiger partial charge on any atom is -0.380 e. The lowest BCUT2D eigenvalue weighted by molar-refractivity contribution is 0.0858. The highest BCUT2D eigenvalue weighted by atomic mass is 32.2. The maximum absolute atomic E-state index is 11.6.